The molecule has 0 radical (unpaired) electrons. The van der Waals surface area contributed by atoms with E-state index in [9.17, 15) is 8.42 Å². The van der Waals surface area contributed by atoms with E-state index in [4.69, 9.17) is 10.4 Å². The van der Waals surface area contributed by atoms with E-state index in [-0.39, 0.29) is 4.90 Å². The van der Waals surface area contributed by atoms with E-state index in [0.29, 0.717) is 24.0 Å². The summed E-state index contributed by atoms with van der Waals surface area (Å²) in [7, 11) is -3.73. The van der Waals surface area contributed by atoms with Crippen LogP contribution >= 0.6 is 0 Å². The lowest BCUT2D eigenvalue weighted by atomic mass is 9.99. The molecule has 0 unspecified atom stereocenters. The van der Waals surface area contributed by atoms with E-state index in [1.165, 1.54) is 0 Å². The molecule has 18 heavy (non-hydrogen) atoms. The van der Waals surface area contributed by atoms with Gasteiger partial charge in [0, 0.05) is 0 Å². The van der Waals surface area contributed by atoms with E-state index in [0.717, 1.165) is 18.4 Å². The van der Waals surface area contributed by atoms with Crippen LogP contribution in [-0.4, -0.2) is 8.42 Å². The molecule has 0 saturated heterocycles. The first-order valence-corrected chi connectivity index (χ1v) is 7.57. The second-order valence-corrected chi connectivity index (χ2v) is 5.80. The zero-order chi connectivity index (χ0) is 13.8. The zero-order valence-corrected chi connectivity index (χ0v) is 11.5. The normalized spacial score (nSPS) is 11.2. The summed E-state index contributed by atoms with van der Waals surface area (Å²) in [4.78, 5) is 0.159. The number of aryl methyl sites for hydroxylation is 2. The largest absolute Gasteiger partial charge is 0.238 e. The Morgan fingerprint density at radius 1 is 1.17 bits per heavy atom. The van der Waals surface area contributed by atoms with Gasteiger partial charge in [0.05, 0.1) is 16.5 Å². The summed E-state index contributed by atoms with van der Waals surface area (Å²) in [6.45, 7) is 3.94. The Labute approximate surface area is 108 Å². The van der Waals surface area contributed by atoms with Crippen LogP contribution in [0.1, 0.15) is 43.4 Å². The number of benzene rings is 1. The standard InChI is InChI=1S/C13H18N2O2S/c1-3-5-10-8-13(18(15,16)17)11(6-4-2)7-12(10)9-14/h7-8H,3-6H2,1-2H3,(H2,15,16,17). The van der Waals surface area contributed by atoms with Crippen molar-refractivity contribution in [2.45, 2.75) is 44.4 Å². The van der Waals surface area contributed by atoms with Crippen molar-refractivity contribution in [3.8, 4) is 6.07 Å². The first-order valence-electron chi connectivity index (χ1n) is 6.02. The highest BCUT2D eigenvalue weighted by Gasteiger charge is 2.17. The maximum absolute atomic E-state index is 11.6. The summed E-state index contributed by atoms with van der Waals surface area (Å²) >= 11 is 0. The lowest BCUT2D eigenvalue weighted by molar-refractivity contribution is 0.596. The number of hydrogen-bond acceptors (Lipinski definition) is 3. The molecule has 1 rings (SSSR count). The topological polar surface area (TPSA) is 84.0 Å². The van der Waals surface area contributed by atoms with Gasteiger partial charge in [-0.05, 0) is 36.1 Å². The van der Waals surface area contributed by atoms with Gasteiger partial charge in [-0.15, -0.1) is 0 Å². The maximum Gasteiger partial charge on any atom is 0.238 e. The molecule has 4 nitrogen and oxygen atoms in total. The van der Waals surface area contributed by atoms with Gasteiger partial charge in [-0.25, -0.2) is 13.6 Å². The summed E-state index contributed by atoms with van der Waals surface area (Å²) in [5.41, 5.74) is 1.94. The minimum Gasteiger partial charge on any atom is -0.225 e. The van der Waals surface area contributed by atoms with Gasteiger partial charge in [0.2, 0.25) is 10.0 Å². The Morgan fingerprint density at radius 2 is 1.72 bits per heavy atom. The molecule has 0 aliphatic carbocycles. The molecule has 0 fully saturated rings. The Bertz CT molecular complexity index is 571. The van der Waals surface area contributed by atoms with Crippen molar-refractivity contribution >= 4 is 10.0 Å². The second kappa shape index (κ2) is 5.98. The predicted octanol–water partition coefficient (Wildman–Crippen LogP) is 2.11. The van der Waals surface area contributed by atoms with E-state index < -0.39 is 10.0 Å². The van der Waals surface area contributed by atoms with Gasteiger partial charge in [0.1, 0.15) is 0 Å². The predicted molar refractivity (Wildman–Crippen MR) is 70.5 cm³/mol. The Hall–Kier alpha value is -1.38. The van der Waals surface area contributed by atoms with Gasteiger partial charge in [-0.1, -0.05) is 26.7 Å². The van der Waals surface area contributed by atoms with Crippen molar-refractivity contribution in [1.29, 1.82) is 5.26 Å². The van der Waals surface area contributed by atoms with Crippen molar-refractivity contribution in [3.63, 3.8) is 0 Å². The molecule has 0 saturated carbocycles. The van der Waals surface area contributed by atoms with Crippen LogP contribution in [0.5, 0.6) is 0 Å². The maximum atomic E-state index is 11.6. The van der Waals surface area contributed by atoms with Crippen LogP contribution in [0.4, 0.5) is 0 Å². The lowest BCUT2D eigenvalue weighted by Gasteiger charge is -2.11. The van der Waals surface area contributed by atoms with Gasteiger partial charge in [0.15, 0.2) is 0 Å². The van der Waals surface area contributed by atoms with Crippen LogP contribution in [0, 0.1) is 11.3 Å². The first kappa shape index (κ1) is 14.7. The summed E-state index contributed by atoms with van der Waals surface area (Å²) in [5, 5.41) is 14.3. The molecule has 0 bridgehead atoms. The van der Waals surface area contributed by atoms with Crippen molar-refractivity contribution in [3.05, 3.63) is 28.8 Å². The Morgan fingerprint density at radius 3 is 2.17 bits per heavy atom. The molecular weight excluding hydrogens is 248 g/mol. The zero-order valence-electron chi connectivity index (χ0n) is 10.7. The average Bonchev–Trinajstić information content (AvgIpc) is 2.29. The molecular formula is C13H18N2O2S. The van der Waals surface area contributed by atoms with Crippen molar-refractivity contribution in [2.75, 3.05) is 0 Å². The summed E-state index contributed by atoms with van der Waals surface area (Å²) in [5.74, 6) is 0. The third-order valence-electron chi connectivity index (χ3n) is 2.75. The fourth-order valence-corrected chi connectivity index (χ4v) is 2.81. The van der Waals surface area contributed by atoms with Crippen molar-refractivity contribution in [1.82, 2.24) is 0 Å². The number of hydrogen-bond donors (Lipinski definition) is 1. The highest BCUT2D eigenvalue weighted by molar-refractivity contribution is 7.89. The monoisotopic (exact) mass is 266 g/mol. The minimum atomic E-state index is -3.73. The third-order valence-corrected chi connectivity index (χ3v) is 3.75. The molecule has 0 aliphatic rings. The summed E-state index contributed by atoms with van der Waals surface area (Å²) in [6.07, 6.45) is 2.94. The van der Waals surface area contributed by atoms with Crippen molar-refractivity contribution in [2.24, 2.45) is 5.14 Å². The SMILES string of the molecule is CCCc1cc(S(N)(=O)=O)c(CCC)cc1C#N. The highest BCUT2D eigenvalue weighted by atomic mass is 32.2. The van der Waals surface area contributed by atoms with Crippen LogP contribution in [0.3, 0.4) is 0 Å². The minimum absolute atomic E-state index is 0.159. The molecule has 0 atom stereocenters. The number of rotatable bonds is 5. The third kappa shape index (κ3) is 3.31. The van der Waals surface area contributed by atoms with Gasteiger partial charge in [-0.3, -0.25) is 0 Å². The fourth-order valence-electron chi connectivity index (χ4n) is 1.98. The Kier molecular flexibility index (Phi) is 4.88. The first-order chi connectivity index (χ1) is 8.43. The van der Waals surface area contributed by atoms with E-state index in [2.05, 4.69) is 6.07 Å². The van der Waals surface area contributed by atoms with Crippen LogP contribution in [-0.2, 0) is 22.9 Å². The smallest absolute Gasteiger partial charge is 0.225 e. The van der Waals surface area contributed by atoms with Crippen LogP contribution in [0.2, 0.25) is 0 Å². The highest BCUT2D eigenvalue weighted by Crippen LogP contribution is 2.22. The molecule has 0 heterocycles. The number of primary sulfonamides is 1. The van der Waals surface area contributed by atoms with Gasteiger partial charge >= 0.3 is 0 Å². The lowest BCUT2D eigenvalue weighted by Crippen LogP contribution is -2.15. The molecule has 1 aromatic carbocycles. The summed E-state index contributed by atoms with van der Waals surface area (Å²) in [6, 6.07) is 5.34. The fraction of sp³-hybridized carbons (Fsp3) is 0.462. The number of nitrogens with two attached hydrogens (primary N) is 1. The van der Waals surface area contributed by atoms with Crippen LogP contribution in [0.15, 0.2) is 17.0 Å². The van der Waals surface area contributed by atoms with Gasteiger partial charge in [-0.2, -0.15) is 5.26 Å². The van der Waals surface area contributed by atoms with E-state index in [1.54, 1.807) is 12.1 Å². The molecule has 0 aliphatic heterocycles. The number of nitriles is 1. The molecule has 2 N–H and O–H groups in total. The molecule has 98 valence electrons. The second-order valence-electron chi connectivity index (χ2n) is 4.27. The van der Waals surface area contributed by atoms with E-state index >= 15 is 0 Å². The molecule has 0 spiro atoms. The molecule has 5 heteroatoms. The number of sulfonamides is 1. The van der Waals surface area contributed by atoms with Crippen LogP contribution in [0.25, 0.3) is 0 Å². The van der Waals surface area contributed by atoms with Gasteiger partial charge in [0.25, 0.3) is 0 Å². The van der Waals surface area contributed by atoms with Crippen molar-refractivity contribution < 1.29 is 8.42 Å². The molecule has 1 aromatic rings. The quantitative estimate of drug-likeness (QED) is 0.885. The Balaban J connectivity index is 3.48. The molecule has 0 aromatic heterocycles. The van der Waals surface area contributed by atoms with E-state index in [1.807, 2.05) is 13.8 Å². The average molecular weight is 266 g/mol. The number of nitrogens with zero attached hydrogens (tertiary/aromatic N) is 1. The van der Waals surface area contributed by atoms with Crippen LogP contribution < -0.4 is 5.14 Å². The van der Waals surface area contributed by atoms with Gasteiger partial charge < -0.3 is 0 Å². The summed E-state index contributed by atoms with van der Waals surface area (Å²) < 4.78 is 23.2. The molecule has 0 amide bonds.